The van der Waals surface area contributed by atoms with E-state index in [4.69, 9.17) is 9.57 Å². The maximum Gasteiger partial charge on any atom is 0.408 e. The van der Waals surface area contributed by atoms with Gasteiger partial charge in [0.15, 0.2) is 0 Å². The van der Waals surface area contributed by atoms with Crippen LogP contribution in [0.2, 0.25) is 0 Å². The van der Waals surface area contributed by atoms with Crippen LogP contribution < -0.4 is 10.6 Å². The fourth-order valence-electron chi connectivity index (χ4n) is 5.83. The average Bonchev–Trinajstić information content (AvgIpc) is 3.29. The lowest BCUT2D eigenvalue weighted by Crippen LogP contribution is -2.53. The Morgan fingerprint density at radius 1 is 1.13 bits per heavy atom. The number of esters is 1. The van der Waals surface area contributed by atoms with Crippen LogP contribution in [0.3, 0.4) is 0 Å². The number of anilines is 1. The molecule has 0 saturated heterocycles. The summed E-state index contributed by atoms with van der Waals surface area (Å²) in [7, 11) is -3.20. The summed E-state index contributed by atoms with van der Waals surface area (Å²) in [5.41, 5.74) is -0.446. The van der Waals surface area contributed by atoms with E-state index in [-0.39, 0.29) is 22.9 Å². The first-order chi connectivity index (χ1) is 22.2. The molecule has 2 aromatic carbocycles. The number of carbonyl (C=O) groups is 3. The molecule has 0 radical (unpaired) electrons. The number of aromatic amines is 1. The number of imidazole rings is 1. The third-order valence-electron chi connectivity index (χ3n) is 8.23. The lowest BCUT2D eigenvalue weighted by atomic mass is 10.0. The van der Waals surface area contributed by atoms with E-state index < -0.39 is 58.2 Å². The van der Waals surface area contributed by atoms with Gasteiger partial charge in [-0.15, -0.1) is 0 Å². The lowest BCUT2D eigenvalue weighted by molar-refractivity contribution is -0.146. The molecule has 1 aromatic heterocycles. The van der Waals surface area contributed by atoms with E-state index >= 15 is 0 Å². The second-order valence-electron chi connectivity index (χ2n) is 12.9. The molecule has 0 bridgehead atoms. The zero-order chi connectivity index (χ0) is 34.0. The number of alkyl carbamates (subject to hydrolysis) is 1. The van der Waals surface area contributed by atoms with Crippen LogP contribution in [0, 0.1) is 0 Å². The van der Waals surface area contributed by atoms with Gasteiger partial charge in [0.05, 0.1) is 47.3 Å². The molecular formula is C32H41N5O9S. The van der Waals surface area contributed by atoms with Crippen LogP contribution in [0.5, 0.6) is 0 Å². The molecule has 2 amide bonds. The minimum atomic E-state index is -4.37. The highest BCUT2D eigenvalue weighted by molar-refractivity contribution is 7.89. The minimum absolute atomic E-state index is 0.0220. The Bertz CT molecular complexity index is 1720. The van der Waals surface area contributed by atoms with Crippen LogP contribution in [-0.4, -0.2) is 82.9 Å². The summed E-state index contributed by atoms with van der Waals surface area (Å²) in [5.74, 6) is -1.65. The number of amides is 2. The van der Waals surface area contributed by atoms with E-state index in [1.165, 1.54) is 25.3 Å². The Kier molecular flexibility index (Phi) is 9.91. The zero-order valence-corrected chi connectivity index (χ0v) is 27.6. The third-order valence-corrected chi connectivity index (χ3v) is 9.86. The van der Waals surface area contributed by atoms with Gasteiger partial charge in [-0.2, -0.15) is 0 Å². The maximum atomic E-state index is 14.2. The van der Waals surface area contributed by atoms with Gasteiger partial charge in [-0.1, -0.05) is 47.6 Å². The van der Waals surface area contributed by atoms with Crippen molar-refractivity contribution in [2.24, 2.45) is 0 Å². The highest BCUT2D eigenvalue weighted by Crippen LogP contribution is 2.54. The van der Waals surface area contributed by atoms with Crippen LogP contribution in [0.4, 0.5) is 10.7 Å². The number of nitrogens with one attached hydrogen (secondary N) is 3. The van der Waals surface area contributed by atoms with Crippen LogP contribution in [-0.2, 0) is 33.9 Å². The molecule has 0 spiro atoms. The number of aromatic nitrogens is 2. The van der Waals surface area contributed by atoms with Crippen LogP contribution in [0.1, 0.15) is 70.8 Å². The monoisotopic (exact) mass is 671 g/mol. The fourth-order valence-corrected chi connectivity index (χ4v) is 7.14. The largest absolute Gasteiger partial charge is 0.469 e. The standard InChI is InChI=1S/C32H41N5O9S/c1-31(2,3)45-30(41)36-32(18-23(32)20-10-6-5-7-11-20)26(38)19-37(46-21-12-8-9-13-21)47(42,43)22-14-15-24-25(16-22)34-29(33-24)35-27(39)17-28(40)44-4/h5-7,10-11,14-16,21,23,26,38H,8-9,12-13,17-19H2,1-4H3,(H,36,41)(H2,33,34,35,39)/t23?,26-,32?/m1/s1. The van der Waals surface area contributed by atoms with Gasteiger partial charge in [0.1, 0.15) is 12.0 Å². The first kappa shape index (κ1) is 34.3. The summed E-state index contributed by atoms with van der Waals surface area (Å²) in [4.78, 5) is 49.6. The number of aliphatic hydroxyl groups excluding tert-OH is 1. The van der Waals surface area contributed by atoms with Crippen molar-refractivity contribution < 1.29 is 42.2 Å². The predicted molar refractivity (Wildman–Crippen MR) is 170 cm³/mol. The van der Waals surface area contributed by atoms with Crippen molar-refractivity contribution in [3.05, 3.63) is 54.1 Å². The number of methoxy groups -OCH3 is 1. The molecule has 14 nitrogen and oxygen atoms in total. The number of aliphatic hydroxyl groups is 1. The normalized spacial score (nSPS) is 20.6. The highest BCUT2D eigenvalue weighted by Gasteiger charge is 2.61. The summed E-state index contributed by atoms with van der Waals surface area (Å²) in [6, 6.07) is 13.6. The second-order valence-corrected chi connectivity index (χ2v) is 14.7. The maximum absolute atomic E-state index is 14.2. The Morgan fingerprint density at radius 2 is 1.83 bits per heavy atom. The van der Waals surface area contributed by atoms with Gasteiger partial charge in [0.2, 0.25) is 11.9 Å². The summed E-state index contributed by atoms with van der Waals surface area (Å²) in [6.07, 6.45) is 0.455. The zero-order valence-electron chi connectivity index (χ0n) is 26.8. The first-order valence-electron chi connectivity index (χ1n) is 15.5. The van der Waals surface area contributed by atoms with E-state index in [1.54, 1.807) is 20.8 Å². The van der Waals surface area contributed by atoms with E-state index in [9.17, 15) is 27.9 Å². The highest BCUT2D eigenvalue weighted by atomic mass is 32.2. The molecule has 3 aromatic rings. The predicted octanol–water partition coefficient (Wildman–Crippen LogP) is 3.74. The molecule has 2 fully saturated rings. The van der Waals surface area contributed by atoms with Gasteiger partial charge in [0, 0.05) is 5.92 Å². The van der Waals surface area contributed by atoms with Crippen molar-refractivity contribution in [3.8, 4) is 0 Å². The third kappa shape index (κ3) is 8.09. The quantitative estimate of drug-likeness (QED) is 0.125. The van der Waals surface area contributed by atoms with Crippen molar-refractivity contribution in [2.75, 3.05) is 19.0 Å². The second kappa shape index (κ2) is 13.6. The van der Waals surface area contributed by atoms with Gasteiger partial charge in [-0.3, -0.25) is 19.7 Å². The van der Waals surface area contributed by atoms with E-state index in [0.717, 1.165) is 22.9 Å². The van der Waals surface area contributed by atoms with Gasteiger partial charge < -0.3 is 24.9 Å². The SMILES string of the molecule is COC(=O)CC(=O)Nc1nc2ccc(S(=O)(=O)N(C[C@@H](O)C3(NC(=O)OC(C)(C)C)CC3c3ccccc3)OC3CCCC3)cc2[nH]1. The summed E-state index contributed by atoms with van der Waals surface area (Å²) in [6.45, 7) is 4.73. The van der Waals surface area contributed by atoms with Crippen molar-refractivity contribution in [1.29, 1.82) is 0 Å². The molecule has 1 heterocycles. The number of hydrogen-bond acceptors (Lipinski definition) is 10. The van der Waals surface area contributed by atoms with Crippen molar-refractivity contribution >= 4 is 45.0 Å². The van der Waals surface area contributed by atoms with Crippen molar-refractivity contribution in [3.63, 3.8) is 0 Å². The number of nitrogens with zero attached hydrogens (tertiary/aromatic N) is 2. The Balaban J connectivity index is 1.42. The molecule has 47 heavy (non-hydrogen) atoms. The smallest absolute Gasteiger partial charge is 0.408 e. The molecule has 2 aliphatic rings. The molecular weight excluding hydrogens is 630 g/mol. The van der Waals surface area contributed by atoms with Gasteiger partial charge in [0.25, 0.3) is 10.0 Å². The number of hydrogen-bond donors (Lipinski definition) is 4. The fraction of sp³-hybridized carbons (Fsp3) is 0.500. The summed E-state index contributed by atoms with van der Waals surface area (Å²) in [5, 5.41) is 17.1. The molecule has 4 N–H and O–H groups in total. The van der Waals surface area contributed by atoms with Crippen molar-refractivity contribution in [1.82, 2.24) is 19.8 Å². The molecule has 2 unspecified atom stereocenters. The van der Waals surface area contributed by atoms with Gasteiger partial charge in [-0.25, -0.2) is 18.2 Å². The number of fused-ring (bicyclic) bond motifs is 1. The molecule has 2 aliphatic carbocycles. The average molecular weight is 672 g/mol. The van der Waals surface area contributed by atoms with Crippen LogP contribution in [0.25, 0.3) is 11.0 Å². The summed E-state index contributed by atoms with van der Waals surface area (Å²) < 4.78 is 39.2. The molecule has 3 atom stereocenters. The molecule has 5 rings (SSSR count). The van der Waals surface area contributed by atoms with E-state index in [0.29, 0.717) is 30.3 Å². The van der Waals surface area contributed by atoms with Crippen molar-refractivity contribution in [2.45, 2.75) is 93.5 Å². The Labute approximate surface area is 273 Å². The number of carbonyl (C=O) groups excluding carboxylic acids is 3. The summed E-state index contributed by atoms with van der Waals surface area (Å²) >= 11 is 0. The van der Waals surface area contributed by atoms with E-state index in [2.05, 4.69) is 25.3 Å². The van der Waals surface area contributed by atoms with Crippen LogP contribution >= 0.6 is 0 Å². The molecule has 254 valence electrons. The number of hydroxylamine groups is 1. The minimum Gasteiger partial charge on any atom is -0.469 e. The topological polar surface area (TPSA) is 189 Å². The Hall–Kier alpha value is -4.05. The number of benzene rings is 2. The number of ether oxygens (including phenoxy) is 2. The number of sulfonamides is 1. The molecule has 0 aliphatic heterocycles. The molecule has 2 saturated carbocycles. The van der Waals surface area contributed by atoms with Crippen LogP contribution in [0.15, 0.2) is 53.4 Å². The number of H-pyrrole nitrogens is 1. The Morgan fingerprint density at radius 3 is 2.49 bits per heavy atom. The first-order valence-corrected chi connectivity index (χ1v) is 16.9. The van der Waals surface area contributed by atoms with E-state index in [1.807, 2.05) is 30.3 Å². The molecule has 15 heteroatoms. The lowest BCUT2D eigenvalue weighted by Gasteiger charge is -2.32. The van der Waals surface area contributed by atoms with Gasteiger partial charge >= 0.3 is 12.1 Å². The number of rotatable bonds is 12. The van der Waals surface area contributed by atoms with Gasteiger partial charge in [-0.05, 0) is 63.8 Å².